The number of sulfone groups is 1. The zero-order chi connectivity index (χ0) is 12.4. The van der Waals surface area contributed by atoms with Crippen LogP contribution in [0.5, 0.6) is 0 Å². The molecule has 1 fully saturated rings. The molecule has 1 amide bonds. The van der Waals surface area contributed by atoms with Crippen molar-refractivity contribution in [3.8, 4) is 0 Å². The summed E-state index contributed by atoms with van der Waals surface area (Å²) in [5, 5.41) is 2.79. The van der Waals surface area contributed by atoms with Crippen LogP contribution in [0.25, 0.3) is 0 Å². The molecular formula is C10H20N2O3S. The molecular weight excluding hydrogens is 228 g/mol. The zero-order valence-corrected chi connectivity index (χ0v) is 10.6. The Kier molecular flexibility index (Phi) is 3.96. The Morgan fingerprint density at radius 1 is 1.56 bits per heavy atom. The highest BCUT2D eigenvalue weighted by atomic mass is 32.2. The monoisotopic (exact) mass is 248 g/mol. The Hall–Kier alpha value is -0.620. The molecule has 1 heterocycles. The number of nitrogens with two attached hydrogens (primary N) is 1. The number of hydrogen-bond acceptors (Lipinski definition) is 4. The van der Waals surface area contributed by atoms with Crippen molar-refractivity contribution in [2.75, 3.05) is 11.5 Å². The first kappa shape index (κ1) is 13.4. The largest absolute Gasteiger partial charge is 0.350 e. The first-order chi connectivity index (χ1) is 7.22. The van der Waals surface area contributed by atoms with Gasteiger partial charge in [0, 0.05) is 12.5 Å². The number of carbonyl (C=O) groups excluding carboxylic acids is 1. The summed E-state index contributed by atoms with van der Waals surface area (Å²) < 4.78 is 22.6. The molecule has 1 rings (SSSR count). The summed E-state index contributed by atoms with van der Waals surface area (Å²) in [5.74, 6) is 0.0953. The first-order valence-electron chi connectivity index (χ1n) is 5.49. The van der Waals surface area contributed by atoms with Crippen LogP contribution in [0.3, 0.4) is 0 Å². The summed E-state index contributed by atoms with van der Waals surface area (Å²) in [5.41, 5.74) is 4.96. The van der Waals surface area contributed by atoms with E-state index in [9.17, 15) is 13.2 Å². The van der Waals surface area contributed by atoms with Crippen molar-refractivity contribution in [3.05, 3.63) is 0 Å². The highest BCUT2D eigenvalue weighted by molar-refractivity contribution is 7.91. The van der Waals surface area contributed by atoms with Gasteiger partial charge in [0.1, 0.15) is 0 Å². The van der Waals surface area contributed by atoms with Gasteiger partial charge in [0.05, 0.1) is 17.0 Å². The minimum Gasteiger partial charge on any atom is -0.350 e. The van der Waals surface area contributed by atoms with Gasteiger partial charge < -0.3 is 11.1 Å². The van der Waals surface area contributed by atoms with Crippen LogP contribution in [0.15, 0.2) is 0 Å². The number of amides is 1. The van der Waals surface area contributed by atoms with Crippen LogP contribution >= 0.6 is 0 Å². The maximum absolute atomic E-state index is 11.6. The van der Waals surface area contributed by atoms with Gasteiger partial charge in [-0.15, -0.1) is 0 Å². The highest BCUT2D eigenvalue weighted by Crippen LogP contribution is 2.22. The molecule has 6 heteroatoms. The smallest absolute Gasteiger partial charge is 0.220 e. The van der Waals surface area contributed by atoms with Gasteiger partial charge in [-0.2, -0.15) is 0 Å². The van der Waals surface area contributed by atoms with Crippen LogP contribution in [0.2, 0.25) is 0 Å². The van der Waals surface area contributed by atoms with E-state index in [0.717, 1.165) is 0 Å². The third-order valence-corrected chi connectivity index (χ3v) is 4.67. The molecule has 2 atom stereocenters. The summed E-state index contributed by atoms with van der Waals surface area (Å²) in [4.78, 5) is 11.6. The lowest BCUT2D eigenvalue weighted by molar-refractivity contribution is -0.122. The maximum Gasteiger partial charge on any atom is 0.220 e. The van der Waals surface area contributed by atoms with Crippen LogP contribution in [0.1, 0.15) is 33.1 Å². The third kappa shape index (κ3) is 4.09. The molecule has 0 aromatic rings. The van der Waals surface area contributed by atoms with E-state index < -0.39 is 15.4 Å². The topological polar surface area (TPSA) is 89.3 Å². The van der Waals surface area contributed by atoms with E-state index in [1.165, 1.54) is 0 Å². The van der Waals surface area contributed by atoms with Gasteiger partial charge in [-0.05, 0) is 26.7 Å². The molecule has 94 valence electrons. The van der Waals surface area contributed by atoms with Crippen LogP contribution in [0.4, 0.5) is 0 Å². The molecule has 0 bridgehead atoms. The molecule has 0 aliphatic carbocycles. The normalized spacial score (nSPS) is 29.9. The van der Waals surface area contributed by atoms with E-state index in [4.69, 9.17) is 5.73 Å². The van der Waals surface area contributed by atoms with Crippen LogP contribution < -0.4 is 11.1 Å². The Labute approximate surface area is 96.7 Å². The molecule has 0 spiro atoms. The van der Waals surface area contributed by atoms with Crippen molar-refractivity contribution in [2.45, 2.75) is 44.7 Å². The highest BCUT2D eigenvalue weighted by Gasteiger charge is 2.39. The van der Waals surface area contributed by atoms with Gasteiger partial charge in [-0.3, -0.25) is 4.79 Å². The summed E-state index contributed by atoms with van der Waals surface area (Å²) >= 11 is 0. The van der Waals surface area contributed by atoms with Crippen molar-refractivity contribution in [2.24, 2.45) is 5.73 Å². The van der Waals surface area contributed by atoms with Gasteiger partial charge in [0.2, 0.25) is 5.91 Å². The molecule has 16 heavy (non-hydrogen) atoms. The van der Waals surface area contributed by atoms with E-state index in [-0.39, 0.29) is 23.5 Å². The second kappa shape index (κ2) is 4.71. The standard InChI is InChI=1S/C10H20N2O3S/c1-8(11)3-4-9(13)12-10(2)5-6-16(14,15)7-10/h8H,3-7,11H2,1-2H3,(H,12,13). The van der Waals surface area contributed by atoms with Crippen LogP contribution in [-0.2, 0) is 14.6 Å². The first-order valence-corrected chi connectivity index (χ1v) is 7.32. The average Bonchev–Trinajstić information content (AvgIpc) is 2.37. The summed E-state index contributed by atoms with van der Waals surface area (Å²) in [6.45, 7) is 3.62. The molecule has 0 radical (unpaired) electrons. The molecule has 5 nitrogen and oxygen atoms in total. The van der Waals surface area contributed by atoms with Crippen LogP contribution in [-0.4, -0.2) is 37.4 Å². The van der Waals surface area contributed by atoms with Crippen molar-refractivity contribution in [1.82, 2.24) is 5.32 Å². The number of carbonyl (C=O) groups is 1. The summed E-state index contributed by atoms with van der Waals surface area (Å²) in [7, 11) is -2.97. The van der Waals surface area contributed by atoms with Crippen molar-refractivity contribution < 1.29 is 13.2 Å². The molecule has 0 aromatic carbocycles. The summed E-state index contributed by atoms with van der Waals surface area (Å²) in [6, 6.07) is -0.00846. The van der Waals surface area contributed by atoms with Crippen molar-refractivity contribution >= 4 is 15.7 Å². The van der Waals surface area contributed by atoms with Gasteiger partial charge in [-0.1, -0.05) is 0 Å². The molecule has 3 N–H and O–H groups in total. The number of nitrogens with one attached hydrogen (secondary N) is 1. The van der Waals surface area contributed by atoms with E-state index in [1.807, 2.05) is 6.92 Å². The molecule has 1 aliphatic rings. The predicted octanol–water partition coefficient (Wildman–Crippen LogP) is -0.193. The fraction of sp³-hybridized carbons (Fsp3) is 0.900. The van der Waals surface area contributed by atoms with Gasteiger partial charge in [-0.25, -0.2) is 8.42 Å². The molecule has 2 unspecified atom stereocenters. The molecule has 0 aromatic heterocycles. The average molecular weight is 248 g/mol. The SMILES string of the molecule is CC(N)CCC(=O)NC1(C)CCS(=O)(=O)C1. The Morgan fingerprint density at radius 2 is 2.19 bits per heavy atom. The van der Waals surface area contributed by atoms with E-state index in [1.54, 1.807) is 6.92 Å². The van der Waals surface area contributed by atoms with E-state index >= 15 is 0 Å². The third-order valence-electron chi connectivity index (χ3n) is 2.77. The van der Waals surface area contributed by atoms with Gasteiger partial charge in [0.25, 0.3) is 0 Å². The van der Waals surface area contributed by atoms with Crippen LogP contribution in [0, 0.1) is 0 Å². The zero-order valence-electron chi connectivity index (χ0n) is 9.82. The van der Waals surface area contributed by atoms with Gasteiger partial charge in [0.15, 0.2) is 9.84 Å². The molecule has 0 saturated carbocycles. The fourth-order valence-corrected chi connectivity index (χ4v) is 3.96. The minimum absolute atomic E-state index is 0.00846. The van der Waals surface area contributed by atoms with Crippen molar-refractivity contribution in [1.29, 1.82) is 0 Å². The fourth-order valence-electron chi connectivity index (χ4n) is 1.87. The molecule has 1 aliphatic heterocycles. The van der Waals surface area contributed by atoms with Gasteiger partial charge >= 0.3 is 0 Å². The lowest BCUT2D eigenvalue weighted by Gasteiger charge is -2.24. The lowest BCUT2D eigenvalue weighted by atomic mass is 10.0. The predicted molar refractivity (Wildman–Crippen MR) is 62.7 cm³/mol. The lowest BCUT2D eigenvalue weighted by Crippen LogP contribution is -2.47. The Morgan fingerprint density at radius 3 is 2.62 bits per heavy atom. The summed E-state index contributed by atoms with van der Waals surface area (Å²) in [6.07, 6.45) is 1.47. The Bertz CT molecular complexity index is 364. The van der Waals surface area contributed by atoms with E-state index in [0.29, 0.717) is 19.3 Å². The second-order valence-corrected chi connectivity index (χ2v) is 7.15. The number of rotatable bonds is 4. The van der Waals surface area contributed by atoms with E-state index in [2.05, 4.69) is 5.32 Å². The minimum atomic E-state index is -2.97. The van der Waals surface area contributed by atoms with Crippen molar-refractivity contribution in [3.63, 3.8) is 0 Å². The number of hydrogen-bond donors (Lipinski definition) is 2. The maximum atomic E-state index is 11.6. The quantitative estimate of drug-likeness (QED) is 0.721. The second-order valence-electron chi connectivity index (χ2n) is 4.97. The Balaban J connectivity index is 2.45. The molecule has 1 saturated heterocycles.